The maximum atomic E-state index is 12.1. The summed E-state index contributed by atoms with van der Waals surface area (Å²) in [5.74, 6) is 0.904. The van der Waals surface area contributed by atoms with E-state index in [1.807, 2.05) is 12.1 Å². The van der Waals surface area contributed by atoms with Crippen LogP contribution in [0.2, 0.25) is 0 Å². The highest BCUT2D eigenvalue weighted by Crippen LogP contribution is 2.47. The standard InChI is InChI=1S/C10H11FO/c11-6-8-5-10(8)7-1-3-9(12)4-2-7/h1-4,8,10,12H,5-6H2. The van der Waals surface area contributed by atoms with Gasteiger partial charge in [0, 0.05) is 0 Å². The Hall–Kier alpha value is -1.05. The molecule has 2 atom stereocenters. The summed E-state index contributed by atoms with van der Waals surface area (Å²) in [4.78, 5) is 0. The van der Waals surface area contributed by atoms with Gasteiger partial charge in [-0.1, -0.05) is 12.1 Å². The highest BCUT2D eigenvalue weighted by molar-refractivity contribution is 5.31. The van der Waals surface area contributed by atoms with Gasteiger partial charge in [0.25, 0.3) is 0 Å². The van der Waals surface area contributed by atoms with E-state index in [1.54, 1.807) is 12.1 Å². The lowest BCUT2D eigenvalue weighted by Gasteiger charge is -1.97. The highest BCUT2D eigenvalue weighted by atomic mass is 19.1. The van der Waals surface area contributed by atoms with Crippen molar-refractivity contribution in [2.75, 3.05) is 6.67 Å². The number of hydrogen-bond acceptors (Lipinski definition) is 1. The maximum absolute atomic E-state index is 12.1. The number of halogens is 1. The van der Waals surface area contributed by atoms with Crippen LogP contribution in [0.5, 0.6) is 5.75 Å². The monoisotopic (exact) mass is 166 g/mol. The number of benzene rings is 1. The van der Waals surface area contributed by atoms with Crippen LogP contribution in [-0.2, 0) is 0 Å². The van der Waals surface area contributed by atoms with E-state index in [9.17, 15) is 4.39 Å². The summed E-state index contributed by atoms with van der Waals surface area (Å²) < 4.78 is 12.1. The Kier molecular flexibility index (Phi) is 1.75. The van der Waals surface area contributed by atoms with Gasteiger partial charge in [-0.25, -0.2) is 0 Å². The van der Waals surface area contributed by atoms with Crippen molar-refractivity contribution >= 4 is 0 Å². The van der Waals surface area contributed by atoms with Crippen LogP contribution in [0.1, 0.15) is 17.9 Å². The number of rotatable bonds is 2. The van der Waals surface area contributed by atoms with E-state index in [0.717, 1.165) is 12.0 Å². The van der Waals surface area contributed by atoms with Gasteiger partial charge in [0.05, 0.1) is 6.67 Å². The Bertz CT molecular complexity index is 268. The summed E-state index contributed by atoms with van der Waals surface area (Å²) in [6, 6.07) is 7.05. The molecule has 0 bridgehead atoms. The van der Waals surface area contributed by atoms with E-state index in [4.69, 9.17) is 5.11 Å². The molecule has 2 unspecified atom stereocenters. The Morgan fingerprint density at radius 1 is 1.33 bits per heavy atom. The fourth-order valence-corrected chi connectivity index (χ4v) is 1.55. The molecular formula is C10H11FO. The number of alkyl halides is 1. The van der Waals surface area contributed by atoms with Crippen molar-refractivity contribution < 1.29 is 9.50 Å². The van der Waals surface area contributed by atoms with Crippen molar-refractivity contribution in [1.82, 2.24) is 0 Å². The first kappa shape index (κ1) is 7.59. The first-order valence-electron chi connectivity index (χ1n) is 4.16. The van der Waals surface area contributed by atoms with Crippen LogP contribution in [0.15, 0.2) is 24.3 Å². The van der Waals surface area contributed by atoms with Crippen LogP contribution >= 0.6 is 0 Å². The van der Waals surface area contributed by atoms with E-state index >= 15 is 0 Å². The molecule has 0 radical (unpaired) electrons. The van der Waals surface area contributed by atoms with Crippen LogP contribution < -0.4 is 0 Å². The van der Waals surface area contributed by atoms with Crippen molar-refractivity contribution in [2.24, 2.45) is 5.92 Å². The van der Waals surface area contributed by atoms with Gasteiger partial charge >= 0.3 is 0 Å². The van der Waals surface area contributed by atoms with E-state index in [2.05, 4.69) is 0 Å². The van der Waals surface area contributed by atoms with Crippen LogP contribution in [0, 0.1) is 5.92 Å². The van der Waals surface area contributed by atoms with Gasteiger partial charge in [0.2, 0.25) is 0 Å². The largest absolute Gasteiger partial charge is 0.508 e. The molecule has 0 aliphatic heterocycles. The Morgan fingerprint density at radius 3 is 2.50 bits per heavy atom. The minimum Gasteiger partial charge on any atom is -0.508 e. The zero-order valence-electron chi connectivity index (χ0n) is 6.70. The van der Waals surface area contributed by atoms with Crippen LogP contribution in [0.4, 0.5) is 4.39 Å². The minimum absolute atomic E-state index is 0.217. The molecule has 0 amide bonds. The normalized spacial score (nSPS) is 27.1. The fourth-order valence-electron chi connectivity index (χ4n) is 1.55. The lowest BCUT2D eigenvalue weighted by molar-refractivity contribution is 0.452. The molecule has 0 spiro atoms. The van der Waals surface area contributed by atoms with Gasteiger partial charge in [0.1, 0.15) is 5.75 Å². The summed E-state index contributed by atoms with van der Waals surface area (Å²) in [6.07, 6.45) is 0.960. The van der Waals surface area contributed by atoms with E-state index < -0.39 is 0 Å². The molecule has 1 saturated carbocycles. The van der Waals surface area contributed by atoms with Crippen molar-refractivity contribution in [2.45, 2.75) is 12.3 Å². The number of hydrogen-bond donors (Lipinski definition) is 1. The molecule has 1 fully saturated rings. The third kappa shape index (κ3) is 1.29. The van der Waals surface area contributed by atoms with Gasteiger partial charge in [-0.05, 0) is 36.0 Å². The Balaban J connectivity index is 2.10. The molecule has 1 aliphatic rings. The lowest BCUT2D eigenvalue weighted by atomic mass is 10.1. The molecule has 1 aromatic rings. The summed E-state index contributed by atoms with van der Waals surface area (Å²) in [7, 11) is 0. The fraction of sp³-hybridized carbons (Fsp3) is 0.400. The molecule has 0 aromatic heterocycles. The molecule has 2 rings (SSSR count). The molecule has 0 heterocycles. The topological polar surface area (TPSA) is 20.2 Å². The average Bonchev–Trinajstić information content (AvgIpc) is 2.85. The van der Waals surface area contributed by atoms with E-state index in [1.165, 1.54) is 0 Å². The average molecular weight is 166 g/mol. The smallest absolute Gasteiger partial charge is 0.115 e. The highest BCUT2D eigenvalue weighted by Gasteiger charge is 2.37. The summed E-state index contributed by atoms with van der Waals surface area (Å²) >= 11 is 0. The Labute approximate surface area is 70.8 Å². The van der Waals surface area contributed by atoms with Gasteiger partial charge in [-0.2, -0.15) is 0 Å². The van der Waals surface area contributed by atoms with Gasteiger partial charge in [-0.3, -0.25) is 4.39 Å². The molecule has 1 N–H and O–H groups in total. The second-order valence-corrected chi connectivity index (χ2v) is 3.35. The first-order valence-corrected chi connectivity index (χ1v) is 4.16. The van der Waals surface area contributed by atoms with Gasteiger partial charge < -0.3 is 5.11 Å². The second kappa shape index (κ2) is 2.77. The van der Waals surface area contributed by atoms with Crippen LogP contribution in [0.3, 0.4) is 0 Å². The van der Waals surface area contributed by atoms with Crippen molar-refractivity contribution in [3.05, 3.63) is 29.8 Å². The molecule has 1 aromatic carbocycles. The van der Waals surface area contributed by atoms with E-state index in [-0.39, 0.29) is 18.3 Å². The van der Waals surface area contributed by atoms with Gasteiger partial charge in [-0.15, -0.1) is 0 Å². The molecular weight excluding hydrogens is 155 g/mol. The van der Waals surface area contributed by atoms with Crippen molar-refractivity contribution in [3.8, 4) is 5.75 Å². The number of phenols is 1. The molecule has 12 heavy (non-hydrogen) atoms. The summed E-state index contributed by atoms with van der Waals surface area (Å²) in [5.41, 5.74) is 1.15. The molecule has 1 nitrogen and oxygen atoms in total. The zero-order chi connectivity index (χ0) is 8.55. The predicted octanol–water partition coefficient (Wildman–Crippen LogP) is 2.47. The lowest BCUT2D eigenvalue weighted by Crippen LogP contribution is -1.83. The number of aromatic hydroxyl groups is 1. The second-order valence-electron chi connectivity index (χ2n) is 3.35. The Morgan fingerprint density at radius 2 is 2.00 bits per heavy atom. The number of phenolic OH excluding ortho intramolecular Hbond substituents is 1. The zero-order valence-corrected chi connectivity index (χ0v) is 6.70. The van der Waals surface area contributed by atoms with Crippen LogP contribution in [0.25, 0.3) is 0 Å². The minimum atomic E-state index is -0.217. The first-order chi connectivity index (χ1) is 5.81. The van der Waals surface area contributed by atoms with Gasteiger partial charge in [0.15, 0.2) is 0 Å². The molecule has 64 valence electrons. The van der Waals surface area contributed by atoms with Crippen LogP contribution in [-0.4, -0.2) is 11.8 Å². The summed E-state index contributed by atoms with van der Waals surface area (Å²) in [6.45, 7) is -0.217. The SMILES string of the molecule is Oc1ccc(C2CC2CF)cc1. The summed E-state index contributed by atoms with van der Waals surface area (Å²) in [5, 5.41) is 9.01. The van der Waals surface area contributed by atoms with E-state index in [0.29, 0.717) is 5.92 Å². The van der Waals surface area contributed by atoms with Crippen molar-refractivity contribution in [3.63, 3.8) is 0 Å². The predicted molar refractivity (Wildman–Crippen MR) is 44.9 cm³/mol. The third-order valence-corrected chi connectivity index (χ3v) is 2.44. The third-order valence-electron chi connectivity index (χ3n) is 2.44. The molecule has 1 aliphatic carbocycles. The maximum Gasteiger partial charge on any atom is 0.115 e. The quantitative estimate of drug-likeness (QED) is 0.715. The molecule has 2 heteroatoms. The molecule has 0 saturated heterocycles. The van der Waals surface area contributed by atoms with Crippen molar-refractivity contribution in [1.29, 1.82) is 0 Å².